The Hall–Kier alpha value is -0.740. The van der Waals surface area contributed by atoms with Gasteiger partial charge in [0.05, 0.1) is 0 Å². The Kier molecular flexibility index (Phi) is 4.11. The average molecular weight is 347 g/mol. The first-order valence-corrected chi connectivity index (χ1v) is 7.36. The molecule has 104 valence electrons. The molecule has 0 unspecified atom stereocenters. The molecule has 1 saturated heterocycles. The largest absolute Gasteiger partial charge is 0.444 e. The molecule has 2 rings (SSSR count). The molecule has 0 aliphatic carbocycles. The quantitative estimate of drug-likeness (QED) is 0.752. The van der Waals surface area contributed by atoms with Crippen LogP contribution in [0, 0.1) is 0 Å². The number of hydrogen-bond acceptors (Lipinski definition) is 2. The number of carbonyl (C=O) groups excluding carboxylic acids is 1. The first-order chi connectivity index (χ1) is 8.76. The maximum Gasteiger partial charge on any atom is 0.410 e. The minimum Gasteiger partial charge on any atom is -0.444 e. The predicted molar refractivity (Wildman–Crippen MR) is 79.7 cm³/mol. The highest BCUT2D eigenvalue weighted by Gasteiger charge is 2.35. The number of likely N-dealkylation sites (tertiary alicyclic amines) is 1. The normalized spacial score (nSPS) is 16.2. The van der Waals surface area contributed by atoms with E-state index < -0.39 is 5.60 Å². The number of halogens is 2. The monoisotopic (exact) mass is 345 g/mol. The van der Waals surface area contributed by atoms with Crippen LogP contribution in [0.1, 0.15) is 32.3 Å². The van der Waals surface area contributed by atoms with E-state index in [-0.39, 0.29) is 6.09 Å². The van der Waals surface area contributed by atoms with E-state index in [9.17, 15) is 4.79 Å². The molecule has 1 amide bonds. The third kappa shape index (κ3) is 3.63. The van der Waals surface area contributed by atoms with Crippen molar-refractivity contribution in [2.45, 2.75) is 32.3 Å². The number of carbonyl (C=O) groups is 1. The molecular formula is C14H17BrClNO2. The summed E-state index contributed by atoms with van der Waals surface area (Å²) >= 11 is 9.43. The molecule has 5 heteroatoms. The molecule has 0 N–H and O–H groups in total. The second kappa shape index (κ2) is 5.33. The Morgan fingerprint density at radius 2 is 2.05 bits per heavy atom. The average Bonchev–Trinajstić information content (AvgIpc) is 2.16. The van der Waals surface area contributed by atoms with Crippen LogP contribution >= 0.6 is 27.5 Å². The van der Waals surface area contributed by atoms with Gasteiger partial charge in [0.2, 0.25) is 0 Å². The molecule has 1 fully saturated rings. The second-order valence-corrected chi connectivity index (χ2v) is 7.04. The zero-order valence-electron chi connectivity index (χ0n) is 11.2. The molecule has 1 aromatic carbocycles. The van der Waals surface area contributed by atoms with Gasteiger partial charge in [-0.3, -0.25) is 0 Å². The Morgan fingerprint density at radius 1 is 1.42 bits per heavy atom. The number of ether oxygens (including phenoxy) is 1. The second-order valence-electron chi connectivity index (χ2n) is 5.75. The number of benzene rings is 1. The third-order valence-corrected chi connectivity index (χ3v) is 3.86. The summed E-state index contributed by atoms with van der Waals surface area (Å²) in [7, 11) is 0. The Bertz CT molecular complexity index is 493. The van der Waals surface area contributed by atoms with E-state index in [1.807, 2.05) is 39.0 Å². The smallest absolute Gasteiger partial charge is 0.410 e. The van der Waals surface area contributed by atoms with Gasteiger partial charge in [-0.25, -0.2) is 4.79 Å². The summed E-state index contributed by atoms with van der Waals surface area (Å²) < 4.78 is 6.32. The molecule has 0 atom stereocenters. The van der Waals surface area contributed by atoms with Crippen LogP contribution in [-0.2, 0) is 4.74 Å². The van der Waals surface area contributed by atoms with Gasteiger partial charge in [-0.15, -0.1) is 0 Å². The minimum atomic E-state index is -0.441. The van der Waals surface area contributed by atoms with Crippen molar-refractivity contribution < 1.29 is 9.53 Å². The Balaban J connectivity index is 1.94. The van der Waals surface area contributed by atoms with E-state index >= 15 is 0 Å². The van der Waals surface area contributed by atoms with Crippen molar-refractivity contribution in [1.29, 1.82) is 0 Å². The van der Waals surface area contributed by atoms with Crippen LogP contribution in [0.4, 0.5) is 4.79 Å². The van der Waals surface area contributed by atoms with Crippen LogP contribution < -0.4 is 0 Å². The van der Waals surface area contributed by atoms with Gasteiger partial charge in [0.15, 0.2) is 0 Å². The van der Waals surface area contributed by atoms with Crippen LogP contribution in [-0.4, -0.2) is 29.7 Å². The van der Waals surface area contributed by atoms with E-state index in [2.05, 4.69) is 15.9 Å². The zero-order chi connectivity index (χ0) is 14.2. The molecule has 0 bridgehead atoms. The molecule has 1 aliphatic heterocycles. The van der Waals surface area contributed by atoms with Crippen molar-refractivity contribution in [3.05, 3.63) is 33.3 Å². The van der Waals surface area contributed by atoms with Crippen molar-refractivity contribution >= 4 is 33.6 Å². The van der Waals surface area contributed by atoms with Gasteiger partial charge in [-0.2, -0.15) is 0 Å². The Labute approximate surface area is 127 Å². The number of hydrogen-bond donors (Lipinski definition) is 0. The highest BCUT2D eigenvalue weighted by atomic mass is 79.9. The van der Waals surface area contributed by atoms with Crippen LogP contribution in [0.3, 0.4) is 0 Å². The molecule has 0 radical (unpaired) electrons. The summed E-state index contributed by atoms with van der Waals surface area (Å²) in [6.07, 6.45) is -0.242. The summed E-state index contributed by atoms with van der Waals surface area (Å²) in [6, 6.07) is 5.76. The standard InChI is InChI=1S/C14H17BrClNO2/c1-14(2,3)19-13(18)17-7-9(8-17)11-5-4-10(16)6-12(11)15/h4-6,9H,7-8H2,1-3H3. The first kappa shape index (κ1) is 14.7. The van der Waals surface area contributed by atoms with Crippen LogP contribution in [0.15, 0.2) is 22.7 Å². The van der Waals surface area contributed by atoms with Crippen molar-refractivity contribution in [2.75, 3.05) is 13.1 Å². The molecule has 0 saturated carbocycles. The molecule has 3 nitrogen and oxygen atoms in total. The lowest BCUT2D eigenvalue weighted by molar-refractivity contribution is 0.00814. The van der Waals surface area contributed by atoms with Crippen LogP contribution in [0.2, 0.25) is 5.02 Å². The summed E-state index contributed by atoms with van der Waals surface area (Å²) in [5.41, 5.74) is 0.743. The topological polar surface area (TPSA) is 29.5 Å². The predicted octanol–water partition coefficient (Wildman–Crippen LogP) is 4.44. The van der Waals surface area contributed by atoms with E-state index in [0.717, 1.165) is 4.47 Å². The van der Waals surface area contributed by atoms with Gasteiger partial charge in [0, 0.05) is 28.5 Å². The molecular weight excluding hydrogens is 330 g/mol. The van der Waals surface area contributed by atoms with Gasteiger partial charge in [0.1, 0.15) is 5.60 Å². The highest BCUT2D eigenvalue weighted by Crippen LogP contribution is 2.34. The van der Waals surface area contributed by atoms with Crippen LogP contribution in [0.5, 0.6) is 0 Å². The summed E-state index contributed by atoms with van der Waals surface area (Å²) in [5.74, 6) is 0.346. The van der Waals surface area contributed by atoms with E-state index in [1.165, 1.54) is 5.56 Å². The fraction of sp³-hybridized carbons (Fsp3) is 0.500. The van der Waals surface area contributed by atoms with Gasteiger partial charge in [-0.1, -0.05) is 33.6 Å². The van der Waals surface area contributed by atoms with Crippen molar-refractivity contribution in [1.82, 2.24) is 4.90 Å². The molecule has 0 aromatic heterocycles. The fourth-order valence-electron chi connectivity index (χ4n) is 1.98. The summed E-state index contributed by atoms with van der Waals surface area (Å²) in [5, 5.41) is 0.707. The number of rotatable bonds is 1. The lowest BCUT2D eigenvalue weighted by Gasteiger charge is -2.40. The van der Waals surface area contributed by atoms with Gasteiger partial charge < -0.3 is 9.64 Å². The van der Waals surface area contributed by atoms with Crippen molar-refractivity contribution in [3.63, 3.8) is 0 Å². The molecule has 1 aliphatic rings. The van der Waals surface area contributed by atoms with Crippen LogP contribution in [0.25, 0.3) is 0 Å². The molecule has 0 spiro atoms. The summed E-state index contributed by atoms with van der Waals surface area (Å²) in [4.78, 5) is 13.5. The van der Waals surface area contributed by atoms with Crippen molar-refractivity contribution in [2.24, 2.45) is 0 Å². The summed E-state index contributed by atoms with van der Waals surface area (Å²) in [6.45, 7) is 7.00. The van der Waals surface area contributed by atoms with Gasteiger partial charge >= 0.3 is 6.09 Å². The minimum absolute atomic E-state index is 0.242. The van der Waals surface area contributed by atoms with E-state index in [1.54, 1.807) is 4.90 Å². The maximum absolute atomic E-state index is 11.8. The fourth-order valence-corrected chi connectivity index (χ4v) is 2.99. The molecule has 1 aromatic rings. The lowest BCUT2D eigenvalue weighted by Crippen LogP contribution is -2.50. The van der Waals surface area contributed by atoms with Crippen molar-refractivity contribution in [3.8, 4) is 0 Å². The van der Waals surface area contributed by atoms with Gasteiger partial charge in [0.25, 0.3) is 0 Å². The molecule has 1 heterocycles. The lowest BCUT2D eigenvalue weighted by atomic mass is 9.92. The first-order valence-electron chi connectivity index (χ1n) is 6.19. The van der Waals surface area contributed by atoms with E-state index in [0.29, 0.717) is 24.0 Å². The maximum atomic E-state index is 11.8. The SMILES string of the molecule is CC(C)(C)OC(=O)N1CC(c2ccc(Cl)cc2Br)C1. The Morgan fingerprint density at radius 3 is 2.58 bits per heavy atom. The zero-order valence-corrected chi connectivity index (χ0v) is 13.6. The number of nitrogens with zero attached hydrogens (tertiary/aromatic N) is 1. The molecule has 19 heavy (non-hydrogen) atoms. The third-order valence-electron chi connectivity index (χ3n) is 2.94. The number of amides is 1. The van der Waals surface area contributed by atoms with Gasteiger partial charge in [-0.05, 0) is 38.5 Å². The highest BCUT2D eigenvalue weighted by molar-refractivity contribution is 9.10. The van der Waals surface area contributed by atoms with E-state index in [4.69, 9.17) is 16.3 Å².